The van der Waals surface area contributed by atoms with Gasteiger partial charge in [0.1, 0.15) is 12.0 Å². The number of nitro groups is 1. The number of pyridine rings is 1. The lowest BCUT2D eigenvalue weighted by Gasteiger charge is -2.23. The highest BCUT2D eigenvalue weighted by Crippen LogP contribution is 2.36. The molecule has 172 valence electrons. The lowest BCUT2D eigenvalue weighted by molar-refractivity contribution is -0.385. The van der Waals surface area contributed by atoms with Gasteiger partial charge in [-0.2, -0.15) is 26.3 Å². The fraction of sp³-hybridized carbons (Fsp3) is 0.368. The van der Waals surface area contributed by atoms with Crippen molar-refractivity contribution < 1.29 is 36.1 Å². The van der Waals surface area contributed by atoms with Gasteiger partial charge in [0.2, 0.25) is 0 Å². The standard InChI is InChI=1S/C19H16F6N4O3/c20-18(21,22)13-8-12(9-14(10-13)19(23,24)25)17(30)28-5-1-4-27(6-7-28)16-3-2-15(11-26-16)29(31)32/h2-3,8-11H,1,4-7H2. The third-order valence-corrected chi connectivity index (χ3v) is 4.88. The van der Waals surface area contributed by atoms with Crippen molar-refractivity contribution in [2.75, 3.05) is 31.1 Å². The maximum Gasteiger partial charge on any atom is 0.416 e. The average molecular weight is 462 g/mol. The molecule has 2 aromatic rings. The van der Waals surface area contributed by atoms with Gasteiger partial charge in [0.25, 0.3) is 11.6 Å². The first-order valence-electron chi connectivity index (χ1n) is 9.30. The van der Waals surface area contributed by atoms with Gasteiger partial charge in [-0.25, -0.2) is 4.98 Å². The van der Waals surface area contributed by atoms with Gasteiger partial charge in [0.05, 0.1) is 16.1 Å². The highest BCUT2D eigenvalue weighted by molar-refractivity contribution is 5.94. The smallest absolute Gasteiger partial charge is 0.355 e. The second kappa shape index (κ2) is 8.63. The van der Waals surface area contributed by atoms with E-state index < -0.39 is 39.9 Å². The summed E-state index contributed by atoms with van der Waals surface area (Å²) in [5.74, 6) is -0.538. The van der Waals surface area contributed by atoms with Crippen molar-refractivity contribution >= 4 is 17.4 Å². The number of amides is 1. The van der Waals surface area contributed by atoms with Gasteiger partial charge >= 0.3 is 12.4 Å². The monoisotopic (exact) mass is 462 g/mol. The summed E-state index contributed by atoms with van der Waals surface area (Å²) >= 11 is 0. The number of carbonyl (C=O) groups excluding carboxylic acids is 1. The Kier molecular flexibility index (Phi) is 6.28. The van der Waals surface area contributed by atoms with Crippen molar-refractivity contribution in [3.8, 4) is 0 Å². The van der Waals surface area contributed by atoms with E-state index in [4.69, 9.17) is 0 Å². The van der Waals surface area contributed by atoms with Crippen LogP contribution in [0.4, 0.5) is 37.8 Å². The third-order valence-electron chi connectivity index (χ3n) is 4.88. The van der Waals surface area contributed by atoms with Crippen LogP contribution in [0.1, 0.15) is 27.9 Å². The molecule has 0 unspecified atom stereocenters. The molecule has 1 fully saturated rings. The molecule has 1 aliphatic rings. The molecule has 0 aliphatic carbocycles. The Hall–Kier alpha value is -3.38. The molecule has 0 spiro atoms. The summed E-state index contributed by atoms with van der Waals surface area (Å²) in [5.41, 5.74) is -4.01. The van der Waals surface area contributed by atoms with Gasteiger partial charge in [-0.15, -0.1) is 0 Å². The molecule has 1 aromatic heterocycles. The van der Waals surface area contributed by atoms with Crippen molar-refractivity contribution in [3.63, 3.8) is 0 Å². The second-order valence-corrected chi connectivity index (χ2v) is 7.06. The molecule has 32 heavy (non-hydrogen) atoms. The normalized spacial score (nSPS) is 15.4. The van der Waals surface area contributed by atoms with Crippen LogP contribution in [0.25, 0.3) is 0 Å². The maximum absolute atomic E-state index is 13.1. The van der Waals surface area contributed by atoms with Crippen LogP contribution >= 0.6 is 0 Å². The first kappa shape index (κ1) is 23.3. The number of benzene rings is 1. The molecule has 0 N–H and O–H groups in total. The predicted octanol–water partition coefficient (Wildman–Crippen LogP) is 4.38. The molecule has 1 amide bonds. The third kappa shape index (κ3) is 5.26. The summed E-state index contributed by atoms with van der Waals surface area (Å²) in [4.78, 5) is 29.8. The van der Waals surface area contributed by atoms with Crippen LogP contribution in [-0.4, -0.2) is 46.9 Å². The van der Waals surface area contributed by atoms with E-state index in [2.05, 4.69) is 4.98 Å². The summed E-state index contributed by atoms with van der Waals surface area (Å²) in [6.07, 6.45) is -8.65. The van der Waals surface area contributed by atoms with Crippen molar-refractivity contribution in [1.82, 2.24) is 9.88 Å². The highest BCUT2D eigenvalue weighted by atomic mass is 19.4. The summed E-state index contributed by atoms with van der Waals surface area (Å²) < 4.78 is 78.5. The lowest BCUT2D eigenvalue weighted by atomic mass is 10.0. The number of nitrogens with zero attached hydrogens (tertiary/aromatic N) is 4. The maximum atomic E-state index is 13.1. The van der Waals surface area contributed by atoms with E-state index in [1.165, 1.54) is 17.0 Å². The molecule has 2 heterocycles. The minimum atomic E-state index is -5.05. The molecular formula is C19H16F6N4O3. The first-order chi connectivity index (χ1) is 14.9. The van der Waals surface area contributed by atoms with E-state index >= 15 is 0 Å². The summed E-state index contributed by atoms with van der Waals surface area (Å²) in [7, 11) is 0. The summed E-state index contributed by atoms with van der Waals surface area (Å²) in [6, 6.07) is 3.49. The molecule has 0 atom stereocenters. The van der Waals surface area contributed by atoms with Crippen LogP contribution < -0.4 is 4.90 Å². The molecule has 7 nitrogen and oxygen atoms in total. The van der Waals surface area contributed by atoms with Crippen molar-refractivity contribution in [3.05, 3.63) is 63.3 Å². The summed E-state index contributed by atoms with van der Waals surface area (Å²) in [6.45, 7) is 0.724. The Labute approximate surface area is 177 Å². The molecule has 1 aromatic carbocycles. The molecule has 1 saturated heterocycles. The number of hydrogen-bond donors (Lipinski definition) is 0. The number of halogens is 6. The van der Waals surface area contributed by atoms with E-state index in [1.54, 1.807) is 4.90 Å². The van der Waals surface area contributed by atoms with Gasteiger partial charge in [0, 0.05) is 37.8 Å². The SMILES string of the molecule is O=C(c1cc(C(F)(F)F)cc(C(F)(F)F)c1)N1CCCN(c2ccc([N+](=O)[O-])cn2)CC1. The van der Waals surface area contributed by atoms with Crippen LogP contribution in [0.5, 0.6) is 0 Å². The number of rotatable bonds is 3. The fourth-order valence-corrected chi connectivity index (χ4v) is 3.28. The molecule has 13 heteroatoms. The van der Waals surface area contributed by atoms with E-state index in [-0.39, 0.29) is 31.4 Å². The van der Waals surface area contributed by atoms with Gasteiger partial charge in [-0.3, -0.25) is 14.9 Å². The van der Waals surface area contributed by atoms with Crippen LogP contribution in [-0.2, 0) is 12.4 Å². The number of alkyl halides is 6. The summed E-state index contributed by atoms with van der Waals surface area (Å²) in [5, 5.41) is 10.7. The quantitative estimate of drug-likeness (QED) is 0.384. The van der Waals surface area contributed by atoms with Crippen molar-refractivity contribution in [2.45, 2.75) is 18.8 Å². The van der Waals surface area contributed by atoms with Crippen LogP contribution in [0, 0.1) is 10.1 Å². The van der Waals surface area contributed by atoms with E-state index in [1.807, 2.05) is 0 Å². The topological polar surface area (TPSA) is 79.6 Å². The number of hydrogen-bond acceptors (Lipinski definition) is 5. The zero-order valence-corrected chi connectivity index (χ0v) is 16.3. The molecule has 0 saturated carbocycles. The minimum Gasteiger partial charge on any atom is -0.355 e. The lowest BCUT2D eigenvalue weighted by Crippen LogP contribution is -2.35. The Morgan fingerprint density at radius 3 is 2.06 bits per heavy atom. The van der Waals surface area contributed by atoms with E-state index in [0.29, 0.717) is 30.9 Å². The van der Waals surface area contributed by atoms with Crippen LogP contribution in [0.2, 0.25) is 0 Å². The Morgan fingerprint density at radius 2 is 1.56 bits per heavy atom. The van der Waals surface area contributed by atoms with E-state index in [9.17, 15) is 41.3 Å². The second-order valence-electron chi connectivity index (χ2n) is 7.06. The van der Waals surface area contributed by atoms with Gasteiger partial charge < -0.3 is 9.80 Å². The molecular weight excluding hydrogens is 446 g/mol. The van der Waals surface area contributed by atoms with Gasteiger partial charge in [-0.1, -0.05) is 0 Å². The van der Waals surface area contributed by atoms with E-state index in [0.717, 1.165) is 6.20 Å². The number of anilines is 1. The molecule has 0 bridgehead atoms. The largest absolute Gasteiger partial charge is 0.416 e. The number of carbonyl (C=O) groups is 1. The van der Waals surface area contributed by atoms with Crippen LogP contribution in [0.3, 0.4) is 0 Å². The molecule has 1 aliphatic heterocycles. The fourth-order valence-electron chi connectivity index (χ4n) is 3.28. The van der Waals surface area contributed by atoms with Gasteiger partial charge in [-0.05, 0) is 30.7 Å². The Bertz CT molecular complexity index is 975. The Morgan fingerprint density at radius 1 is 0.938 bits per heavy atom. The minimum absolute atomic E-state index is 0.0229. The van der Waals surface area contributed by atoms with Crippen LogP contribution in [0.15, 0.2) is 36.5 Å². The Balaban J connectivity index is 1.80. The number of aromatic nitrogens is 1. The zero-order valence-electron chi connectivity index (χ0n) is 16.3. The first-order valence-corrected chi connectivity index (χ1v) is 9.30. The molecule has 3 rings (SSSR count). The van der Waals surface area contributed by atoms with Crippen molar-refractivity contribution in [1.29, 1.82) is 0 Å². The van der Waals surface area contributed by atoms with Crippen molar-refractivity contribution in [2.24, 2.45) is 0 Å². The predicted molar refractivity (Wildman–Crippen MR) is 100 cm³/mol. The highest BCUT2D eigenvalue weighted by Gasteiger charge is 2.38. The van der Waals surface area contributed by atoms with Gasteiger partial charge in [0.15, 0.2) is 0 Å². The molecule has 0 radical (unpaired) electrons. The zero-order chi connectivity index (χ0) is 23.7. The average Bonchev–Trinajstić information content (AvgIpc) is 2.98.